The summed E-state index contributed by atoms with van der Waals surface area (Å²) in [4.78, 5) is 15.0. The minimum absolute atomic E-state index is 0.0601. The van der Waals surface area contributed by atoms with Gasteiger partial charge in [0.2, 0.25) is 0 Å². The second-order valence-electron chi connectivity index (χ2n) is 16.2. The summed E-state index contributed by atoms with van der Waals surface area (Å²) in [7, 11) is 0. The molecule has 2 saturated carbocycles. The van der Waals surface area contributed by atoms with Crippen molar-refractivity contribution in [2.45, 2.75) is 44.9 Å². The average Bonchev–Trinajstić information content (AvgIpc) is 3.53. The number of rotatable bonds is 5. The van der Waals surface area contributed by atoms with Gasteiger partial charge in [-0.3, -0.25) is 0 Å². The van der Waals surface area contributed by atoms with Crippen LogP contribution in [0.2, 0.25) is 0 Å². The van der Waals surface area contributed by atoms with Gasteiger partial charge in [-0.25, -0.2) is 15.0 Å². The Labute approximate surface area is 323 Å². The van der Waals surface area contributed by atoms with Gasteiger partial charge < -0.3 is 0 Å². The van der Waals surface area contributed by atoms with Crippen molar-refractivity contribution in [2.24, 2.45) is 23.7 Å². The first-order chi connectivity index (χ1) is 27.0. The van der Waals surface area contributed by atoms with E-state index in [1.54, 1.807) is 0 Å². The molecule has 5 atom stereocenters. The van der Waals surface area contributed by atoms with Crippen molar-refractivity contribution in [1.29, 1.82) is 5.26 Å². The molecule has 0 saturated heterocycles. The highest BCUT2D eigenvalue weighted by molar-refractivity contribution is 5.87. The Balaban J connectivity index is 1.10. The molecule has 5 unspecified atom stereocenters. The van der Waals surface area contributed by atoms with E-state index in [0.717, 1.165) is 39.7 Å². The van der Waals surface area contributed by atoms with Crippen molar-refractivity contribution < 1.29 is 0 Å². The Morgan fingerprint density at radius 3 is 1.60 bits per heavy atom. The minimum atomic E-state index is -0.0601. The molecule has 0 radical (unpaired) electrons. The third kappa shape index (κ3) is 5.61. The van der Waals surface area contributed by atoms with Crippen LogP contribution in [-0.4, -0.2) is 15.0 Å². The van der Waals surface area contributed by atoms with E-state index in [1.807, 2.05) is 48.5 Å². The minimum Gasteiger partial charge on any atom is -0.208 e. The predicted molar refractivity (Wildman–Crippen MR) is 222 cm³/mol. The maximum absolute atomic E-state index is 9.45. The van der Waals surface area contributed by atoms with Crippen LogP contribution in [0, 0.1) is 35.0 Å². The zero-order chi connectivity index (χ0) is 37.1. The van der Waals surface area contributed by atoms with E-state index in [0.29, 0.717) is 34.9 Å². The lowest BCUT2D eigenvalue weighted by molar-refractivity contribution is 0.0426. The van der Waals surface area contributed by atoms with Gasteiger partial charge in [0, 0.05) is 22.1 Å². The highest BCUT2D eigenvalue weighted by Gasteiger charge is 2.56. The summed E-state index contributed by atoms with van der Waals surface area (Å²) in [6.45, 7) is 5.01. The molecule has 266 valence electrons. The van der Waals surface area contributed by atoms with Gasteiger partial charge in [-0.1, -0.05) is 129 Å². The summed E-state index contributed by atoms with van der Waals surface area (Å²) in [5.74, 6) is 4.62. The third-order valence-corrected chi connectivity index (χ3v) is 12.9. The quantitative estimate of drug-likeness (QED) is 0.178. The molecule has 1 heterocycles. The normalized spacial score (nSPS) is 22.1. The first-order valence-electron chi connectivity index (χ1n) is 19.8. The largest absolute Gasteiger partial charge is 0.208 e. The Hall–Kier alpha value is -6.18. The van der Waals surface area contributed by atoms with Gasteiger partial charge in [0.25, 0.3) is 0 Å². The maximum atomic E-state index is 9.45. The second kappa shape index (κ2) is 13.3. The molecule has 4 nitrogen and oxygen atoms in total. The van der Waals surface area contributed by atoms with E-state index in [-0.39, 0.29) is 5.41 Å². The first kappa shape index (κ1) is 33.4. The summed E-state index contributed by atoms with van der Waals surface area (Å²) in [5.41, 5.74) is 14.0. The lowest BCUT2D eigenvalue weighted by atomic mass is 9.49. The summed E-state index contributed by atoms with van der Waals surface area (Å²) in [6.07, 6.45) is 5.16. The number of benzene rings is 6. The molecule has 3 aliphatic carbocycles. The van der Waals surface area contributed by atoms with E-state index in [2.05, 4.69) is 117 Å². The van der Waals surface area contributed by atoms with Crippen molar-refractivity contribution in [2.75, 3.05) is 0 Å². The fraction of sp³-hybridized carbons (Fsp3) is 0.216. The molecule has 2 bridgehead atoms. The van der Waals surface area contributed by atoms with Gasteiger partial charge in [-0.05, 0) is 124 Å². The summed E-state index contributed by atoms with van der Waals surface area (Å²) < 4.78 is 0. The monoisotopic (exact) mass is 710 g/mol. The standard InChI is InChI=1S/C51H42N4/c1-32-24-35-26-33(2)51(43(25-32)27-35)46-29-40(36-18-16-34(31-52)17-19-36)20-22-44(46)45-23-21-41(30-47(45)51)39-14-9-15-42(28-39)50-54-48(37-10-5-3-6-11-37)53-49(55-50)38-12-7-4-8-13-38/h3-23,28-30,32-33,35,43H,24-27H2,1-2H3. The molecule has 10 rings (SSSR count). The molecule has 2 fully saturated rings. The summed E-state index contributed by atoms with van der Waals surface area (Å²) in [6, 6.07) is 53.8. The molecule has 3 aliphatic rings. The van der Waals surface area contributed by atoms with Gasteiger partial charge in [0.05, 0.1) is 11.6 Å². The van der Waals surface area contributed by atoms with Crippen LogP contribution in [0.4, 0.5) is 0 Å². The van der Waals surface area contributed by atoms with Crippen LogP contribution >= 0.6 is 0 Å². The van der Waals surface area contributed by atoms with Crippen molar-refractivity contribution in [3.63, 3.8) is 0 Å². The van der Waals surface area contributed by atoms with E-state index >= 15 is 0 Å². The van der Waals surface area contributed by atoms with Crippen molar-refractivity contribution >= 4 is 0 Å². The predicted octanol–water partition coefficient (Wildman–Crippen LogP) is 12.4. The molecular weight excluding hydrogens is 669 g/mol. The molecule has 0 amide bonds. The smallest absolute Gasteiger partial charge is 0.164 e. The molecule has 7 aromatic rings. The average molecular weight is 711 g/mol. The van der Waals surface area contributed by atoms with Gasteiger partial charge in [0.1, 0.15) is 0 Å². The zero-order valence-electron chi connectivity index (χ0n) is 31.3. The van der Waals surface area contributed by atoms with Gasteiger partial charge in [-0.15, -0.1) is 0 Å². The molecule has 1 aromatic heterocycles. The van der Waals surface area contributed by atoms with Crippen molar-refractivity contribution in [3.8, 4) is 73.6 Å². The van der Waals surface area contributed by atoms with Crippen LogP contribution in [0.15, 0.2) is 146 Å². The van der Waals surface area contributed by atoms with Crippen molar-refractivity contribution in [3.05, 3.63) is 162 Å². The Kier molecular flexibility index (Phi) is 8.07. The SMILES string of the molecule is CC1CC2CC(C)C3(c4cc(-c5ccc(C#N)cc5)ccc4-c4ccc(-c5cccc(-c6nc(-c7ccccc7)nc(-c7ccccc7)n6)c5)cc43)C(C1)C2. The van der Waals surface area contributed by atoms with E-state index in [1.165, 1.54) is 59.1 Å². The molecule has 55 heavy (non-hydrogen) atoms. The van der Waals surface area contributed by atoms with Crippen LogP contribution < -0.4 is 0 Å². The van der Waals surface area contributed by atoms with Crippen LogP contribution in [-0.2, 0) is 5.41 Å². The third-order valence-electron chi connectivity index (χ3n) is 12.9. The van der Waals surface area contributed by atoms with E-state index in [4.69, 9.17) is 15.0 Å². The molecule has 0 N–H and O–H groups in total. The maximum Gasteiger partial charge on any atom is 0.164 e. The second-order valence-corrected chi connectivity index (χ2v) is 16.2. The van der Waals surface area contributed by atoms with Gasteiger partial charge in [-0.2, -0.15) is 5.26 Å². The zero-order valence-corrected chi connectivity index (χ0v) is 31.3. The lowest BCUT2D eigenvalue weighted by Crippen LogP contribution is -2.49. The van der Waals surface area contributed by atoms with Gasteiger partial charge in [0.15, 0.2) is 17.5 Å². The highest BCUT2D eigenvalue weighted by Crippen LogP contribution is 2.65. The number of hydrogen-bond donors (Lipinski definition) is 0. The van der Waals surface area contributed by atoms with Crippen molar-refractivity contribution in [1.82, 2.24) is 15.0 Å². The fourth-order valence-corrected chi connectivity index (χ4v) is 10.6. The van der Waals surface area contributed by atoms with Gasteiger partial charge >= 0.3 is 0 Å². The fourth-order valence-electron chi connectivity index (χ4n) is 10.6. The molecular formula is C51H42N4. The van der Waals surface area contributed by atoms with Crippen LogP contribution in [0.1, 0.15) is 56.2 Å². The number of nitriles is 1. The Morgan fingerprint density at radius 2 is 1.00 bits per heavy atom. The van der Waals surface area contributed by atoms with Crippen LogP contribution in [0.25, 0.3) is 67.5 Å². The van der Waals surface area contributed by atoms with E-state index < -0.39 is 0 Å². The Bertz CT molecular complexity index is 2540. The topological polar surface area (TPSA) is 62.5 Å². The summed E-state index contributed by atoms with van der Waals surface area (Å²) in [5, 5.41) is 9.45. The highest BCUT2D eigenvalue weighted by atomic mass is 15.0. The Morgan fingerprint density at radius 1 is 0.491 bits per heavy atom. The number of fused-ring (bicyclic) bond motifs is 8. The molecule has 1 spiro atoms. The molecule has 6 aromatic carbocycles. The number of hydrogen-bond acceptors (Lipinski definition) is 4. The van der Waals surface area contributed by atoms with E-state index in [9.17, 15) is 5.26 Å². The van der Waals surface area contributed by atoms with Crippen LogP contribution in [0.5, 0.6) is 0 Å². The first-order valence-corrected chi connectivity index (χ1v) is 19.8. The molecule has 0 aliphatic heterocycles. The number of aromatic nitrogens is 3. The summed E-state index contributed by atoms with van der Waals surface area (Å²) >= 11 is 0. The number of nitrogens with zero attached hydrogens (tertiary/aromatic N) is 4. The van der Waals surface area contributed by atoms with Crippen LogP contribution in [0.3, 0.4) is 0 Å². The molecule has 4 heteroatoms. The lowest BCUT2D eigenvalue weighted by Gasteiger charge is -2.54.